The maximum atomic E-state index is 12.9. The number of nitriles is 2. The van der Waals surface area contributed by atoms with Crippen molar-refractivity contribution < 1.29 is 9.36 Å². The molecule has 1 heterocycles. The van der Waals surface area contributed by atoms with E-state index in [-0.39, 0.29) is 16.8 Å². The van der Waals surface area contributed by atoms with E-state index in [1.165, 1.54) is 16.7 Å². The first kappa shape index (κ1) is 16.9. The minimum atomic E-state index is -0.498. The van der Waals surface area contributed by atoms with Crippen molar-refractivity contribution in [2.24, 2.45) is 0 Å². The van der Waals surface area contributed by atoms with E-state index in [9.17, 15) is 10.1 Å². The summed E-state index contributed by atoms with van der Waals surface area (Å²) in [5.41, 5.74) is -0.491. The van der Waals surface area contributed by atoms with E-state index in [1.54, 1.807) is 60.7 Å². The predicted octanol–water partition coefficient (Wildman–Crippen LogP) is 2.93. The molecule has 2 aromatic rings. The first-order valence-electron chi connectivity index (χ1n) is 6.71. The van der Waals surface area contributed by atoms with Crippen molar-refractivity contribution in [3.8, 4) is 12.1 Å². The van der Waals surface area contributed by atoms with Gasteiger partial charge in [-0.15, -0.1) is 0 Å². The monoisotopic (exact) mass is 332 g/mol. The number of rotatable bonds is 4. The Hall–Kier alpha value is -3.50. The number of benzene rings is 1. The summed E-state index contributed by atoms with van der Waals surface area (Å²) < 4.78 is 1.41. The summed E-state index contributed by atoms with van der Waals surface area (Å²) in [5, 5.41) is 28.0. The van der Waals surface area contributed by atoms with Gasteiger partial charge in [0.25, 0.3) is 11.5 Å². The Balaban J connectivity index is 2.76. The van der Waals surface area contributed by atoms with Gasteiger partial charge in [-0.1, -0.05) is 17.7 Å². The lowest BCUT2D eigenvalue weighted by Crippen LogP contribution is -2.37. The Kier molecular flexibility index (Phi) is 5.39. The van der Waals surface area contributed by atoms with Crippen molar-refractivity contribution in [2.45, 2.75) is 0 Å². The van der Waals surface area contributed by atoms with Crippen LogP contribution in [0.3, 0.4) is 0 Å². The zero-order chi connectivity index (χ0) is 17.5. The van der Waals surface area contributed by atoms with Gasteiger partial charge in [0.2, 0.25) is 0 Å². The third-order valence-electron chi connectivity index (χ3n) is 3.12. The third kappa shape index (κ3) is 3.45. The van der Waals surface area contributed by atoms with Crippen molar-refractivity contribution in [1.82, 2.24) is 0 Å². The molecule has 114 valence electrons. The fourth-order valence-corrected chi connectivity index (χ4v) is 2.14. The highest BCUT2D eigenvalue weighted by atomic mass is 35.5. The largest absolute Gasteiger partial charge is 0.762 e. The van der Waals surface area contributed by atoms with Gasteiger partial charge >= 0.3 is 0 Å². The molecule has 6 heteroatoms. The summed E-state index contributed by atoms with van der Waals surface area (Å²) in [6.07, 6.45) is 3.12. The van der Waals surface area contributed by atoms with Crippen LogP contribution in [0.1, 0.15) is 10.4 Å². The van der Waals surface area contributed by atoms with Crippen LogP contribution in [0.25, 0.3) is 11.1 Å². The average Bonchev–Trinajstić information content (AvgIpc) is 2.63. The van der Waals surface area contributed by atoms with Crippen LogP contribution < -0.4 is 4.57 Å². The maximum absolute atomic E-state index is 12.9. The van der Waals surface area contributed by atoms with Crippen LogP contribution in [0.2, 0.25) is 5.02 Å². The normalized spacial score (nSPS) is 10.6. The number of Topliss-reactive ketones (excluding diaryl/α,β-unsaturated/α-hetero) is 1. The zero-order valence-corrected chi connectivity index (χ0v) is 13.0. The Morgan fingerprint density at radius 3 is 2.17 bits per heavy atom. The topological polar surface area (TPSA) is 90.8 Å². The predicted molar refractivity (Wildman–Crippen MR) is 88.7 cm³/mol. The Morgan fingerprint density at radius 2 is 1.67 bits per heavy atom. The number of pyridine rings is 1. The number of aromatic nitrogens is 1. The molecule has 0 saturated carbocycles. The van der Waals surface area contributed by atoms with Crippen LogP contribution in [-0.4, -0.2) is 11.7 Å². The van der Waals surface area contributed by atoms with Crippen LogP contribution >= 0.6 is 11.6 Å². The van der Waals surface area contributed by atoms with Crippen LogP contribution in [0.4, 0.5) is 0 Å². The number of ketones is 1. The first-order chi connectivity index (χ1) is 11.6. The van der Waals surface area contributed by atoms with E-state index in [2.05, 4.69) is 0 Å². The molecule has 0 N–H and O–H groups in total. The van der Waals surface area contributed by atoms with Crippen LogP contribution in [-0.2, 0) is 0 Å². The minimum Gasteiger partial charge on any atom is -0.762 e. The van der Waals surface area contributed by atoms with Gasteiger partial charge in [-0.05, 0) is 24.3 Å². The molecule has 0 unspecified atom stereocenters. The van der Waals surface area contributed by atoms with E-state index >= 15 is 0 Å². The molecule has 0 aliphatic rings. The Labute approximate surface area is 143 Å². The van der Waals surface area contributed by atoms with Gasteiger partial charge < -0.3 is 5.41 Å². The van der Waals surface area contributed by atoms with Crippen molar-refractivity contribution >= 4 is 29.0 Å². The number of carbonyl (C=O) groups is 1. The minimum absolute atomic E-state index is 0.0708. The summed E-state index contributed by atoms with van der Waals surface area (Å²) in [6.45, 7) is 0. The molecule has 1 aromatic carbocycles. The fraction of sp³-hybridized carbons (Fsp3) is 0. The molecule has 1 aromatic heterocycles. The lowest BCUT2D eigenvalue weighted by Gasteiger charge is -2.04. The lowest BCUT2D eigenvalue weighted by atomic mass is 10.0. The molecule has 5 nitrogen and oxygen atoms in total. The second kappa shape index (κ2) is 7.67. The van der Waals surface area contributed by atoms with Crippen molar-refractivity contribution in [2.75, 3.05) is 0 Å². The van der Waals surface area contributed by atoms with Gasteiger partial charge in [-0.2, -0.15) is 15.1 Å². The molecule has 0 aliphatic heterocycles. The highest BCUT2D eigenvalue weighted by Gasteiger charge is 2.28. The van der Waals surface area contributed by atoms with E-state index in [0.29, 0.717) is 5.02 Å². The smallest absolute Gasteiger partial charge is 0.278 e. The molecule has 0 saturated heterocycles. The van der Waals surface area contributed by atoms with E-state index in [4.69, 9.17) is 22.3 Å². The van der Waals surface area contributed by atoms with Crippen molar-refractivity contribution in [3.05, 3.63) is 82.0 Å². The second-order valence-electron chi connectivity index (χ2n) is 4.55. The molecule has 0 atom stereocenters. The quantitative estimate of drug-likeness (QED) is 0.215. The SMILES string of the molecule is N#CC(=C=[N-])C(C#N)=C(C(=O)c1ccc(Cl)cc1)[n+]1ccccc1. The van der Waals surface area contributed by atoms with Gasteiger partial charge in [0.15, 0.2) is 18.0 Å². The summed E-state index contributed by atoms with van der Waals surface area (Å²) in [5.74, 6) is 1.16. The van der Waals surface area contributed by atoms with Crippen LogP contribution in [0, 0.1) is 22.7 Å². The molecule has 0 amide bonds. The van der Waals surface area contributed by atoms with Gasteiger partial charge in [-0.3, -0.25) is 4.79 Å². The van der Waals surface area contributed by atoms with E-state index in [1.807, 2.05) is 0 Å². The Bertz CT molecular complexity index is 941. The molecule has 0 aliphatic carbocycles. The molecule has 0 radical (unpaired) electrons. The number of halogens is 1. The second-order valence-corrected chi connectivity index (χ2v) is 4.99. The molecule has 24 heavy (non-hydrogen) atoms. The molecular weight excluding hydrogens is 324 g/mol. The summed E-state index contributed by atoms with van der Waals surface area (Å²) >= 11 is 5.83. The van der Waals surface area contributed by atoms with Gasteiger partial charge in [-0.25, -0.2) is 5.87 Å². The van der Waals surface area contributed by atoms with E-state index in [0.717, 1.165) is 0 Å². The third-order valence-corrected chi connectivity index (χ3v) is 3.37. The van der Waals surface area contributed by atoms with Gasteiger partial charge in [0.05, 0.1) is 5.57 Å². The van der Waals surface area contributed by atoms with Crippen molar-refractivity contribution in [3.63, 3.8) is 0 Å². The maximum Gasteiger partial charge on any atom is 0.278 e. The standard InChI is InChI=1S/C18H9ClN4O/c19-15-6-4-13(5-7-15)18(24)17(23-8-2-1-3-9-23)16(12-22)14(10-20)11-21/h1-9H. The lowest BCUT2D eigenvalue weighted by molar-refractivity contribution is -0.577. The highest BCUT2D eigenvalue weighted by molar-refractivity contribution is 6.31. The molecular formula is C18H9ClN4O. The Morgan fingerprint density at radius 1 is 1.04 bits per heavy atom. The van der Waals surface area contributed by atoms with Crippen LogP contribution in [0.15, 0.2) is 66.0 Å². The zero-order valence-electron chi connectivity index (χ0n) is 12.3. The molecule has 0 bridgehead atoms. The van der Waals surface area contributed by atoms with E-state index < -0.39 is 11.4 Å². The summed E-state index contributed by atoms with van der Waals surface area (Å²) in [7, 11) is 0. The fourth-order valence-electron chi connectivity index (χ4n) is 2.01. The molecule has 0 fully saturated rings. The molecule has 0 spiro atoms. The number of carbonyl (C=O) groups excluding carboxylic acids is 1. The highest BCUT2D eigenvalue weighted by Crippen LogP contribution is 2.18. The van der Waals surface area contributed by atoms with Gasteiger partial charge in [0, 0.05) is 22.7 Å². The number of hydrogen-bond donors (Lipinski definition) is 0. The number of allylic oxidation sites excluding steroid dienone is 3. The number of hydrogen-bond acceptors (Lipinski definition) is 3. The van der Waals surface area contributed by atoms with Crippen LogP contribution in [0.5, 0.6) is 0 Å². The van der Waals surface area contributed by atoms with Gasteiger partial charge in [0.1, 0.15) is 12.1 Å². The number of nitrogens with zero attached hydrogens (tertiary/aromatic N) is 4. The first-order valence-corrected chi connectivity index (χ1v) is 7.09. The summed E-state index contributed by atoms with van der Waals surface area (Å²) in [6, 6.07) is 14.7. The van der Waals surface area contributed by atoms with Crippen molar-refractivity contribution in [1.29, 1.82) is 10.5 Å². The summed E-state index contributed by atoms with van der Waals surface area (Å²) in [4.78, 5) is 12.9. The molecule has 2 rings (SSSR count). The average molecular weight is 333 g/mol.